The van der Waals surface area contributed by atoms with Crippen molar-refractivity contribution in [2.75, 3.05) is 39.3 Å². The Kier molecular flexibility index (Phi) is 6.35. The Morgan fingerprint density at radius 2 is 1.78 bits per heavy atom. The molecule has 23 heavy (non-hydrogen) atoms. The van der Waals surface area contributed by atoms with Gasteiger partial charge in [0.15, 0.2) is 0 Å². The fourth-order valence-corrected chi connectivity index (χ4v) is 4.77. The van der Waals surface area contributed by atoms with Crippen LogP contribution in [0.25, 0.3) is 0 Å². The van der Waals surface area contributed by atoms with E-state index in [-0.39, 0.29) is 0 Å². The van der Waals surface area contributed by atoms with Gasteiger partial charge in [-0.25, -0.2) is 0 Å². The van der Waals surface area contributed by atoms with E-state index in [1.165, 1.54) is 58.0 Å². The number of piperidine rings is 2. The van der Waals surface area contributed by atoms with Crippen LogP contribution in [0.2, 0.25) is 0 Å². The topological polar surface area (TPSA) is 35.6 Å². The zero-order valence-corrected chi connectivity index (χ0v) is 14.9. The third-order valence-electron chi connectivity index (χ3n) is 6.30. The van der Waals surface area contributed by atoms with Gasteiger partial charge in [0, 0.05) is 25.6 Å². The fourth-order valence-electron chi connectivity index (χ4n) is 4.77. The van der Waals surface area contributed by atoms with E-state index in [1.54, 1.807) is 0 Å². The molecule has 3 aliphatic rings. The first kappa shape index (κ1) is 17.2. The Balaban J connectivity index is 1.48. The second-order valence-corrected chi connectivity index (χ2v) is 8.01. The summed E-state index contributed by atoms with van der Waals surface area (Å²) in [4.78, 5) is 17.7. The van der Waals surface area contributed by atoms with E-state index in [2.05, 4.69) is 22.0 Å². The molecule has 0 aromatic rings. The van der Waals surface area contributed by atoms with E-state index < -0.39 is 0 Å². The maximum Gasteiger partial charge on any atom is 0.223 e. The van der Waals surface area contributed by atoms with Crippen molar-refractivity contribution in [3.8, 4) is 0 Å². The van der Waals surface area contributed by atoms with Crippen LogP contribution in [-0.2, 0) is 4.79 Å². The molecule has 132 valence electrons. The Bertz CT molecular complexity index is 375. The molecule has 1 N–H and O–H groups in total. The third kappa shape index (κ3) is 4.69. The van der Waals surface area contributed by atoms with Gasteiger partial charge in [-0.2, -0.15) is 0 Å². The van der Waals surface area contributed by atoms with Gasteiger partial charge in [-0.1, -0.05) is 13.3 Å². The van der Waals surface area contributed by atoms with Gasteiger partial charge in [0.25, 0.3) is 0 Å². The average Bonchev–Trinajstić information content (AvgIpc) is 3.05. The van der Waals surface area contributed by atoms with Gasteiger partial charge in [0.05, 0.1) is 0 Å². The normalized spacial score (nSPS) is 28.9. The standard InChI is InChI=1S/C19H35N3O/c1-16(17-7-9-20-10-8-17)14-19(23)22-13-5-6-18(22)15-21-11-3-2-4-12-21/h16-18,20H,2-15H2,1H3. The Morgan fingerprint density at radius 1 is 1.04 bits per heavy atom. The SMILES string of the molecule is CC(CC(=O)N1CCCC1CN1CCCCC1)C1CCNCC1. The highest BCUT2D eigenvalue weighted by Crippen LogP contribution is 2.27. The van der Waals surface area contributed by atoms with Gasteiger partial charge in [0.1, 0.15) is 0 Å². The van der Waals surface area contributed by atoms with E-state index in [9.17, 15) is 4.79 Å². The van der Waals surface area contributed by atoms with E-state index in [0.29, 0.717) is 17.9 Å². The largest absolute Gasteiger partial charge is 0.338 e. The molecule has 0 aromatic carbocycles. The molecule has 0 aliphatic carbocycles. The summed E-state index contributed by atoms with van der Waals surface area (Å²) in [6.45, 7) is 9.15. The average molecular weight is 322 g/mol. The second kappa shape index (κ2) is 8.48. The quantitative estimate of drug-likeness (QED) is 0.845. The van der Waals surface area contributed by atoms with Crippen LogP contribution in [0.3, 0.4) is 0 Å². The van der Waals surface area contributed by atoms with Gasteiger partial charge in [0.2, 0.25) is 5.91 Å². The molecule has 3 aliphatic heterocycles. The number of carbonyl (C=O) groups is 1. The highest BCUT2D eigenvalue weighted by molar-refractivity contribution is 5.77. The monoisotopic (exact) mass is 321 g/mol. The van der Waals surface area contributed by atoms with Gasteiger partial charge < -0.3 is 15.1 Å². The summed E-state index contributed by atoms with van der Waals surface area (Å²) in [6.07, 6.45) is 9.73. The third-order valence-corrected chi connectivity index (χ3v) is 6.30. The van der Waals surface area contributed by atoms with Crippen molar-refractivity contribution in [1.29, 1.82) is 0 Å². The molecule has 0 aromatic heterocycles. The zero-order chi connectivity index (χ0) is 16.1. The number of nitrogens with zero attached hydrogens (tertiary/aromatic N) is 2. The van der Waals surface area contributed by atoms with Crippen molar-refractivity contribution in [1.82, 2.24) is 15.1 Å². The van der Waals surface area contributed by atoms with Crippen molar-refractivity contribution in [3.63, 3.8) is 0 Å². The molecular weight excluding hydrogens is 286 g/mol. The molecule has 4 heteroatoms. The van der Waals surface area contributed by atoms with E-state index in [4.69, 9.17) is 0 Å². The Hall–Kier alpha value is -0.610. The summed E-state index contributed by atoms with van der Waals surface area (Å²) in [5.41, 5.74) is 0. The zero-order valence-electron chi connectivity index (χ0n) is 14.9. The molecule has 3 rings (SSSR count). The molecule has 0 bridgehead atoms. The minimum atomic E-state index is 0.426. The van der Waals surface area contributed by atoms with Gasteiger partial charge >= 0.3 is 0 Å². The lowest BCUT2D eigenvalue weighted by Gasteiger charge is -2.34. The molecule has 4 nitrogen and oxygen atoms in total. The molecular formula is C19H35N3O. The van der Waals surface area contributed by atoms with Crippen LogP contribution in [0, 0.1) is 11.8 Å². The number of amides is 1. The summed E-state index contributed by atoms with van der Waals surface area (Å²) in [5.74, 6) is 1.71. The molecule has 3 heterocycles. The number of nitrogens with one attached hydrogen (secondary N) is 1. The first-order chi connectivity index (χ1) is 11.2. The first-order valence-corrected chi connectivity index (χ1v) is 9.96. The summed E-state index contributed by atoms with van der Waals surface area (Å²) >= 11 is 0. The lowest BCUT2D eigenvalue weighted by atomic mass is 9.84. The lowest BCUT2D eigenvalue weighted by Crippen LogP contribution is -2.45. The van der Waals surface area contributed by atoms with Gasteiger partial charge in [-0.15, -0.1) is 0 Å². The Morgan fingerprint density at radius 3 is 2.52 bits per heavy atom. The van der Waals surface area contributed by atoms with Crippen LogP contribution in [0.4, 0.5) is 0 Å². The minimum Gasteiger partial charge on any atom is -0.338 e. The second-order valence-electron chi connectivity index (χ2n) is 8.01. The number of hydrogen-bond donors (Lipinski definition) is 1. The smallest absolute Gasteiger partial charge is 0.223 e. The van der Waals surface area contributed by atoms with E-state index >= 15 is 0 Å². The number of likely N-dealkylation sites (tertiary alicyclic amines) is 2. The molecule has 3 fully saturated rings. The Labute approximate surface area is 142 Å². The predicted molar refractivity (Wildman–Crippen MR) is 94.4 cm³/mol. The van der Waals surface area contributed by atoms with Crippen molar-refractivity contribution in [2.24, 2.45) is 11.8 Å². The van der Waals surface area contributed by atoms with E-state index in [0.717, 1.165) is 38.5 Å². The first-order valence-electron chi connectivity index (χ1n) is 9.96. The summed E-state index contributed by atoms with van der Waals surface area (Å²) < 4.78 is 0. The molecule has 3 saturated heterocycles. The van der Waals surface area contributed by atoms with Gasteiger partial charge in [-0.05, 0) is 76.5 Å². The van der Waals surface area contributed by atoms with Crippen LogP contribution < -0.4 is 5.32 Å². The number of carbonyl (C=O) groups excluding carboxylic acids is 1. The lowest BCUT2D eigenvalue weighted by molar-refractivity contribution is -0.133. The van der Waals surface area contributed by atoms with Crippen molar-refractivity contribution in [2.45, 2.75) is 64.3 Å². The van der Waals surface area contributed by atoms with Crippen LogP contribution >= 0.6 is 0 Å². The maximum atomic E-state index is 12.8. The molecule has 2 unspecified atom stereocenters. The molecule has 2 atom stereocenters. The van der Waals surface area contributed by atoms with Crippen molar-refractivity contribution >= 4 is 5.91 Å². The summed E-state index contributed by atoms with van der Waals surface area (Å²) in [5, 5.41) is 3.43. The molecule has 0 radical (unpaired) electrons. The van der Waals surface area contributed by atoms with Crippen LogP contribution in [0.1, 0.15) is 58.3 Å². The van der Waals surface area contributed by atoms with Crippen LogP contribution in [-0.4, -0.2) is 61.0 Å². The number of hydrogen-bond acceptors (Lipinski definition) is 3. The molecule has 1 amide bonds. The van der Waals surface area contributed by atoms with E-state index in [1.807, 2.05) is 0 Å². The van der Waals surface area contributed by atoms with Gasteiger partial charge in [-0.3, -0.25) is 4.79 Å². The highest BCUT2D eigenvalue weighted by Gasteiger charge is 2.32. The minimum absolute atomic E-state index is 0.426. The highest BCUT2D eigenvalue weighted by atomic mass is 16.2. The van der Waals surface area contributed by atoms with Crippen LogP contribution in [0.15, 0.2) is 0 Å². The fraction of sp³-hybridized carbons (Fsp3) is 0.947. The number of rotatable bonds is 5. The predicted octanol–water partition coefficient (Wildman–Crippen LogP) is 2.49. The summed E-state index contributed by atoms with van der Waals surface area (Å²) in [7, 11) is 0. The maximum absolute atomic E-state index is 12.8. The molecule has 0 spiro atoms. The summed E-state index contributed by atoms with van der Waals surface area (Å²) in [6, 6.07) is 0.487. The van der Waals surface area contributed by atoms with Crippen molar-refractivity contribution < 1.29 is 4.79 Å². The van der Waals surface area contributed by atoms with Crippen molar-refractivity contribution in [3.05, 3.63) is 0 Å². The van der Waals surface area contributed by atoms with Crippen LogP contribution in [0.5, 0.6) is 0 Å². The molecule has 0 saturated carbocycles.